The molecule has 1 saturated heterocycles. The fourth-order valence-electron chi connectivity index (χ4n) is 5.05. The first-order chi connectivity index (χ1) is 14.0. The number of amides is 1. The largest absolute Gasteiger partial charge is 0.376 e. The molecule has 1 aromatic rings. The molecule has 1 amide bonds. The summed E-state index contributed by atoms with van der Waals surface area (Å²) in [7, 11) is 6.35. The Kier molecular flexibility index (Phi) is 6.52. The van der Waals surface area contributed by atoms with Gasteiger partial charge in [-0.2, -0.15) is 0 Å². The van der Waals surface area contributed by atoms with Gasteiger partial charge in [0, 0.05) is 44.7 Å². The van der Waals surface area contributed by atoms with Gasteiger partial charge in [0.05, 0.1) is 12.6 Å². The number of pyridine rings is 1. The number of likely N-dealkylation sites (N-methyl/N-ethyl adjacent to an activating group) is 2. The number of ether oxygens (including phenoxy) is 1. The Morgan fingerprint density at radius 1 is 1.21 bits per heavy atom. The van der Waals surface area contributed by atoms with Crippen LogP contribution in [0.5, 0.6) is 0 Å². The van der Waals surface area contributed by atoms with E-state index in [4.69, 9.17) is 4.74 Å². The summed E-state index contributed by atoms with van der Waals surface area (Å²) in [4.78, 5) is 23.6. The maximum absolute atomic E-state index is 12.9. The molecule has 6 nitrogen and oxygen atoms in total. The molecule has 160 valence electrons. The summed E-state index contributed by atoms with van der Waals surface area (Å²) in [5, 5.41) is 0. The lowest BCUT2D eigenvalue weighted by atomic mass is 9.77. The summed E-state index contributed by atoms with van der Waals surface area (Å²) >= 11 is 0. The van der Waals surface area contributed by atoms with Crippen LogP contribution in [0.4, 0.5) is 0 Å². The molecular weight excluding hydrogens is 364 g/mol. The van der Waals surface area contributed by atoms with E-state index >= 15 is 0 Å². The van der Waals surface area contributed by atoms with Gasteiger partial charge in [-0.15, -0.1) is 0 Å². The molecule has 0 spiro atoms. The first-order valence-electron chi connectivity index (χ1n) is 11.1. The van der Waals surface area contributed by atoms with Crippen molar-refractivity contribution in [3.8, 4) is 0 Å². The first kappa shape index (κ1) is 20.8. The highest BCUT2D eigenvalue weighted by Gasteiger charge is 2.44. The van der Waals surface area contributed by atoms with E-state index in [1.54, 1.807) is 6.20 Å². The van der Waals surface area contributed by atoms with Crippen LogP contribution < -0.4 is 0 Å². The molecule has 3 fully saturated rings. The Bertz CT molecular complexity index is 679. The number of carbonyl (C=O) groups is 1. The molecule has 0 aromatic carbocycles. The standard InChI is InChI=1S/C23H36N4O2/c1-25(2)21-9-19-13-27(14-20(19)10-22(21)29-16-17-6-7-17)23(28)15-26(3)12-18-5-4-8-24-11-18/h4-5,8,11,17,19-22H,6-7,9-10,12-16H2,1-3H3/t19-,20+,21-,22-/m1/s1. The van der Waals surface area contributed by atoms with Gasteiger partial charge in [0.2, 0.25) is 5.91 Å². The van der Waals surface area contributed by atoms with Crippen molar-refractivity contribution in [1.82, 2.24) is 19.7 Å². The predicted octanol–water partition coefficient (Wildman–Crippen LogP) is 2.11. The predicted molar refractivity (Wildman–Crippen MR) is 113 cm³/mol. The van der Waals surface area contributed by atoms with Crippen molar-refractivity contribution in [3.63, 3.8) is 0 Å². The number of rotatable bonds is 8. The van der Waals surface area contributed by atoms with E-state index in [0.29, 0.717) is 30.5 Å². The summed E-state index contributed by atoms with van der Waals surface area (Å²) in [5.74, 6) is 2.24. The molecule has 0 N–H and O–H groups in total. The van der Waals surface area contributed by atoms with Gasteiger partial charge in [0.1, 0.15) is 0 Å². The van der Waals surface area contributed by atoms with E-state index < -0.39 is 0 Å². The SMILES string of the molecule is CN(CC(=O)N1C[C@H]2C[C@@H](N(C)C)[C@H](OCC3CC3)C[C@H]2C1)Cc1cccnc1. The third-order valence-corrected chi connectivity index (χ3v) is 6.92. The maximum Gasteiger partial charge on any atom is 0.236 e. The van der Waals surface area contributed by atoms with Crippen molar-refractivity contribution in [1.29, 1.82) is 0 Å². The van der Waals surface area contributed by atoms with Crippen molar-refractivity contribution in [2.24, 2.45) is 17.8 Å². The van der Waals surface area contributed by atoms with Crippen LogP contribution in [0.1, 0.15) is 31.2 Å². The Balaban J connectivity index is 1.30. The molecule has 0 radical (unpaired) electrons. The molecule has 3 aliphatic rings. The van der Waals surface area contributed by atoms with Gasteiger partial charge in [-0.1, -0.05) is 6.07 Å². The molecule has 2 saturated carbocycles. The zero-order chi connectivity index (χ0) is 20.4. The van der Waals surface area contributed by atoms with Gasteiger partial charge in [-0.25, -0.2) is 0 Å². The van der Waals surface area contributed by atoms with Crippen LogP contribution in [0.25, 0.3) is 0 Å². The number of likely N-dealkylation sites (tertiary alicyclic amines) is 1. The lowest BCUT2D eigenvalue weighted by molar-refractivity contribution is -0.131. The van der Waals surface area contributed by atoms with Crippen LogP contribution >= 0.6 is 0 Å². The van der Waals surface area contributed by atoms with Crippen LogP contribution in [0, 0.1) is 17.8 Å². The molecule has 0 bridgehead atoms. The van der Waals surface area contributed by atoms with Crippen LogP contribution in [0.3, 0.4) is 0 Å². The number of fused-ring (bicyclic) bond motifs is 1. The molecule has 2 aliphatic carbocycles. The minimum absolute atomic E-state index is 0.252. The smallest absolute Gasteiger partial charge is 0.236 e. The van der Waals surface area contributed by atoms with Crippen molar-refractivity contribution in [3.05, 3.63) is 30.1 Å². The summed E-state index contributed by atoms with van der Waals surface area (Å²) in [6.07, 6.45) is 8.87. The minimum atomic E-state index is 0.252. The van der Waals surface area contributed by atoms with Gasteiger partial charge >= 0.3 is 0 Å². The molecule has 1 aliphatic heterocycles. The van der Waals surface area contributed by atoms with Gasteiger partial charge in [0.15, 0.2) is 0 Å². The molecule has 0 unspecified atom stereocenters. The number of carbonyl (C=O) groups excluding carboxylic acids is 1. The van der Waals surface area contributed by atoms with Crippen LogP contribution in [0.2, 0.25) is 0 Å². The zero-order valence-corrected chi connectivity index (χ0v) is 18.2. The van der Waals surface area contributed by atoms with Gasteiger partial charge in [-0.05, 0) is 76.2 Å². The van der Waals surface area contributed by atoms with E-state index in [2.05, 4.69) is 39.8 Å². The van der Waals surface area contributed by atoms with Crippen LogP contribution in [-0.2, 0) is 16.1 Å². The van der Waals surface area contributed by atoms with Gasteiger partial charge in [-0.3, -0.25) is 14.7 Å². The molecule has 2 heterocycles. The summed E-state index contributed by atoms with van der Waals surface area (Å²) < 4.78 is 6.36. The third kappa shape index (κ3) is 5.36. The van der Waals surface area contributed by atoms with Gasteiger partial charge < -0.3 is 14.5 Å². The third-order valence-electron chi connectivity index (χ3n) is 6.92. The quantitative estimate of drug-likeness (QED) is 0.669. The highest BCUT2D eigenvalue weighted by atomic mass is 16.5. The van der Waals surface area contributed by atoms with E-state index in [9.17, 15) is 4.79 Å². The Morgan fingerprint density at radius 2 is 1.97 bits per heavy atom. The van der Waals surface area contributed by atoms with E-state index in [0.717, 1.165) is 50.6 Å². The molecule has 4 atom stereocenters. The second kappa shape index (κ2) is 9.11. The monoisotopic (exact) mass is 400 g/mol. The first-order valence-corrected chi connectivity index (χ1v) is 11.1. The summed E-state index contributed by atoms with van der Waals surface area (Å²) in [6, 6.07) is 4.47. The molecule has 1 aromatic heterocycles. The lowest BCUT2D eigenvalue weighted by Gasteiger charge is -2.41. The molecular formula is C23H36N4O2. The number of nitrogens with zero attached hydrogens (tertiary/aromatic N) is 4. The molecule has 6 heteroatoms. The van der Waals surface area contributed by atoms with Crippen molar-refractivity contribution in [2.75, 3.05) is 47.4 Å². The zero-order valence-electron chi connectivity index (χ0n) is 18.2. The highest BCUT2D eigenvalue weighted by Crippen LogP contribution is 2.40. The fourth-order valence-corrected chi connectivity index (χ4v) is 5.05. The normalized spacial score (nSPS) is 29.5. The second-order valence-corrected chi connectivity index (χ2v) is 9.67. The maximum atomic E-state index is 12.9. The summed E-state index contributed by atoms with van der Waals surface area (Å²) in [5.41, 5.74) is 1.14. The highest BCUT2D eigenvalue weighted by molar-refractivity contribution is 5.78. The lowest BCUT2D eigenvalue weighted by Crippen LogP contribution is -2.48. The number of aromatic nitrogens is 1. The van der Waals surface area contributed by atoms with E-state index in [1.807, 2.05) is 19.3 Å². The summed E-state index contributed by atoms with van der Waals surface area (Å²) in [6.45, 7) is 3.94. The van der Waals surface area contributed by atoms with Crippen LogP contribution in [-0.4, -0.2) is 85.1 Å². The Labute approximate surface area is 175 Å². The molecule has 29 heavy (non-hydrogen) atoms. The van der Waals surface area contributed by atoms with E-state index in [1.165, 1.54) is 12.8 Å². The Morgan fingerprint density at radius 3 is 2.62 bits per heavy atom. The topological polar surface area (TPSA) is 48.9 Å². The van der Waals surface area contributed by atoms with E-state index in [-0.39, 0.29) is 5.91 Å². The number of hydrogen-bond acceptors (Lipinski definition) is 5. The Hall–Kier alpha value is -1.50. The second-order valence-electron chi connectivity index (χ2n) is 9.67. The van der Waals surface area contributed by atoms with Crippen molar-refractivity contribution < 1.29 is 9.53 Å². The fraction of sp³-hybridized carbons (Fsp3) is 0.739. The average molecular weight is 401 g/mol. The number of hydrogen-bond donors (Lipinski definition) is 0. The average Bonchev–Trinajstić information content (AvgIpc) is 3.43. The van der Waals surface area contributed by atoms with Gasteiger partial charge in [0.25, 0.3) is 0 Å². The van der Waals surface area contributed by atoms with Crippen molar-refractivity contribution >= 4 is 5.91 Å². The van der Waals surface area contributed by atoms with Crippen LogP contribution in [0.15, 0.2) is 24.5 Å². The molecule has 4 rings (SSSR count). The minimum Gasteiger partial charge on any atom is -0.376 e. The van der Waals surface area contributed by atoms with Crippen molar-refractivity contribution in [2.45, 2.75) is 44.4 Å².